The summed E-state index contributed by atoms with van der Waals surface area (Å²) in [4.78, 5) is 27.9. The monoisotopic (exact) mass is 440 g/mol. The highest BCUT2D eigenvalue weighted by Gasteiger charge is 2.60. The molecule has 5 rings (SSSR count). The number of methoxy groups -OCH3 is 1. The fourth-order valence-electron chi connectivity index (χ4n) is 5.18. The van der Waals surface area contributed by atoms with Crippen LogP contribution >= 0.6 is 11.9 Å². The van der Waals surface area contributed by atoms with Crippen LogP contribution in [0.25, 0.3) is 10.8 Å². The number of nitrogens with zero attached hydrogens (tertiary/aromatic N) is 2. The number of carbonyl (C=O) groups is 2. The van der Waals surface area contributed by atoms with Gasteiger partial charge >= 0.3 is 5.97 Å². The first kappa shape index (κ1) is 20.4. The molecule has 0 radical (unpaired) electrons. The van der Waals surface area contributed by atoms with Crippen molar-refractivity contribution in [2.45, 2.75) is 37.5 Å². The zero-order valence-electron chi connectivity index (χ0n) is 17.5. The zero-order chi connectivity index (χ0) is 22.0. The fraction of sp³-hybridized carbons (Fsp3) is 0.391. The van der Waals surface area contributed by atoms with Gasteiger partial charge in [0.2, 0.25) is 5.91 Å². The third-order valence-electron chi connectivity index (χ3n) is 6.71. The predicted octanol–water partition coefficient (Wildman–Crippen LogP) is 2.44. The Hall–Kier alpha value is -2.55. The largest absolute Gasteiger partial charge is 0.464 e. The van der Waals surface area contributed by atoms with Crippen molar-refractivity contribution in [3.63, 3.8) is 0 Å². The van der Waals surface area contributed by atoms with Gasteiger partial charge in [-0.25, -0.2) is 4.79 Å². The van der Waals surface area contributed by atoms with Crippen LogP contribution in [0.15, 0.2) is 46.5 Å². The molecule has 1 saturated heterocycles. The first-order chi connectivity index (χ1) is 14.9. The van der Waals surface area contributed by atoms with Crippen LogP contribution in [0.5, 0.6) is 0 Å². The Morgan fingerprint density at radius 3 is 2.74 bits per heavy atom. The van der Waals surface area contributed by atoms with Gasteiger partial charge in [0, 0.05) is 16.2 Å². The number of carbonyl (C=O) groups excluding carboxylic acids is 2. The van der Waals surface area contributed by atoms with Crippen molar-refractivity contribution in [1.29, 1.82) is 0 Å². The van der Waals surface area contributed by atoms with Gasteiger partial charge in [-0.3, -0.25) is 4.79 Å². The average molecular weight is 441 g/mol. The molecule has 3 heterocycles. The third kappa shape index (κ3) is 2.75. The minimum atomic E-state index is -0.777. The molecule has 3 aliphatic heterocycles. The van der Waals surface area contributed by atoms with Crippen LogP contribution in [-0.4, -0.2) is 52.8 Å². The highest BCUT2D eigenvalue weighted by Crippen LogP contribution is 2.51. The van der Waals surface area contributed by atoms with Gasteiger partial charge in [0.25, 0.3) is 0 Å². The van der Waals surface area contributed by atoms with Crippen molar-refractivity contribution >= 4 is 40.3 Å². The minimum absolute atomic E-state index is 0.0482. The van der Waals surface area contributed by atoms with Crippen molar-refractivity contribution in [3.05, 3.63) is 47.2 Å². The number of aliphatic hydroxyl groups excluding tert-OH is 2. The Morgan fingerprint density at radius 1 is 1.29 bits per heavy atom. The van der Waals surface area contributed by atoms with Gasteiger partial charge in [0.15, 0.2) is 0 Å². The second-order valence-electron chi connectivity index (χ2n) is 8.33. The number of rotatable bonds is 5. The lowest BCUT2D eigenvalue weighted by Crippen LogP contribution is -2.63. The topological polar surface area (TPSA) is 90.3 Å². The van der Waals surface area contributed by atoms with Crippen LogP contribution < -0.4 is 4.31 Å². The van der Waals surface area contributed by atoms with Crippen molar-refractivity contribution in [2.24, 2.45) is 11.8 Å². The van der Waals surface area contributed by atoms with Crippen molar-refractivity contribution in [1.82, 2.24) is 4.90 Å². The van der Waals surface area contributed by atoms with Crippen LogP contribution in [-0.2, 0) is 20.9 Å². The lowest BCUT2D eigenvalue weighted by atomic mass is 9.78. The molecule has 0 spiro atoms. The number of benzene rings is 2. The van der Waals surface area contributed by atoms with E-state index in [4.69, 9.17) is 4.74 Å². The van der Waals surface area contributed by atoms with Gasteiger partial charge in [-0.05, 0) is 41.5 Å². The van der Waals surface area contributed by atoms with E-state index in [-0.39, 0.29) is 24.5 Å². The molecule has 2 N–H and O–H groups in total. The molecule has 162 valence electrons. The molecule has 0 aliphatic carbocycles. The summed E-state index contributed by atoms with van der Waals surface area (Å²) in [5.41, 5.74) is 3.01. The van der Waals surface area contributed by atoms with E-state index >= 15 is 0 Å². The van der Waals surface area contributed by atoms with Gasteiger partial charge in [-0.2, -0.15) is 0 Å². The SMILES string of the molecule is COC(=O)C1=C(CN2Sc3c(CO)ccc4cccc2c34)C(C)C2C(C(C)O)C(=O)N12. The van der Waals surface area contributed by atoms with Crippen molar-refractivity contribution < 1.29 is 24.5 Å². The molecule has 1 fully saturated rings. The van der Waals surface area contributed by atoms with E-state index < -0.39 is 18.0 Å². The second kappa shape index (κ2) is 7.25. The fourth-order valence-corrected chi connectivity index (χ4v) is 6.42. The zero-order valence-corrected chi connectivity index (χ0v) is 18.3. The van der Waals surface area contributed by atoms with Crippen LogP contribution in [0, 0.1) is 11.8 Å². The molecule has 2 aromatic carbocycles. The summed E-state index contributed by atoms with van der Waals surface area (Å²) in [7, 11) is 1.32. The molecule has 2 aromatic rings. The summed E-state index contributed by atoms with van der Waals surface area (Å²) in [5, 5.41) is 22.1. The lowest BCUT2D eigenvalue weighted by molar-refractivity contribution is -0.163. The molecule has 0 aromatic heterocycles. The molecule has 7 nitrogen and oxygen atoms in total. The Kier molecular flexibility index (Phi) is 4.76. The van der Waals surface area contributed by atoms with Gasteiger partial charge in [-0.15, -0.1) is 0 Å². The molecule has 3 aliphatic rings. The Bertz CT molecular complexity index is 1140. The van der Waals surface area contributed by atoms with Gasteiger partial charge < -0.3 is 24.2 Å². The van der Waals surface area contributed by atoms with Crippen LogP contribution in [0.3, 0.4) is 0 Å². The highest BCUT2D eigenvalue weighted by atomic mass is 32.2. The van der Waals surface area contributed by atoms with Gasteiger partial charge in [0.1, 0.15) is 5.70 Å². The molecule has 8 heteroatoms. The number of fused-ring (bicyclic) bond motifs is 1. The predicted molar refractivity (Wildman–Crippen MR) is 117 cm³/mol. The number of aliphatic hydroxyl groups is 2. The highest BCUT2D eigenvalue weighted by molar-refractivity contribution is 8.01. The number of β-lactam (4-membered cyclic amide) rings is 1. The number of amides is 1. The maximum absolute atomic E-state index is 12.7. The van der Waals surface area contributed by atoms with E-state index in [1.54, 1.807) is 18.9 Å². The maximum Gasteiger partial charge on any atom is 0.354 e. The normalized spacial score (nSPS) is 25.2. The summed E-state index contributed by atoms with van der Waals surface area (Å²) in [6.07, 6.45) is -0.777. The second-order valence-corrected chi connectivity index (χ2v) is 9.37. The van der Waals surface area contributed by atoms with Gasteiger partial charge in [-0.1, -0.05) is 31.2 Å². The Balaban J connectivity index is 1.55. The Morgan fingerprint density at radius 2 is 2.06 bits per heavy atom. The van der Waals surface area contributed by atoms with Gasteiger partial charge in [0.05, 0.1) is 44.0 Å². The maximum atomic E-state index is 12.7. The molecule has 4 atom stereocenters. The molecular formula is C23H24N2O5S. The van der Waals surface area contributed by atoms with E-state index in [1.807, 2.05) is 37.3 Å². The smallest absolute Gasteiger partial charge is 0.354 e. The summed E-state index contributed by atoms with van der Waals surface area (Å²) in [6.45, 7) is 4.00. The lowest BCUT2D eigenvalue weighted by Gasteiger charge is -2.46. The van der Waals surface area contributed by atoms with Crippen molar-refractivity contribution in [2.75, 3.05) is 18.0 Å². The molecule has 31 heavy (non-hydrogen) atoms. The number of ether oxygens (including phenoxy) is 1. The number of esters is 1. The molecule has 0 bridgehead atoms. The summed E-state index contributed by atoms with van der Waals surface area (Å²) in [5.74, 6) is -1.37. The number of hydrogen-bond donors (Lipinski definition) is 2. The summed E-state index contributed by atoms with van der Waals surface area (Å²) in [6, 6.07) is 9.77. The van der Waals surface area contributed by atoms with E-state index in [9.17, 15) is 19.8 Å². The first-order valence-electron chi connectivity index (χ1n) is 10.3. The summed E-state index contributed by atoms with van der Waals surface area (Å²) >= 11 is 1.54. The quantitative estimate of drug-likeness (QED) is 0.419. The third-order valence-corrected chi connectivity index (χ3v) is 7.90. The van der Waals surface area contributed by atoms with E-state index in [0.717, 1.165) is 32.5 Å². The summed E-state index contributed by atoms with van der Waals surface area (Å²) < 4.78 is 7.13. The molecule has 1 amide bonds. The molecule has 4 unspecified atom stereocenters. The van der Waals surface area contributed by atoms with E-state index in [1.165, 1.54) is 12.0 Å². The number of hydrogen-bond acceptors (Lipinski definition) is 7. The molecule has 0 saturated carbocycles. The van der Waals surface area contributed by atoms with E-state index in [2.05, 4.69) is 4.31 Å². The van der Waals surface area contributed by atoms with Crippen LogP contribution in [0.1, 0.15) is 19.4 Å². The Labute approximate surface area is 184 Å². The van der Waals surface area contributed by atoms with Crippen LogP contribution in [0.4, 0.5) is 5.69 Å². The molecular weight excluding hydrogens is 416 g/mol. The van der Waals surface area contributed by atoms with Crippen molar-refractivity contribution in [3.8, 4) is 0 Å². The van der Waals surface area contributed by atoms with E-state index in [0.29, 0.717) is 12.2 Å². The minimum Gasteiger partial charge on any atom is -0.464 e. The number of anilines is 1. The first-order valence-corrected chi connectivity index (χ1v) is 11.1. The van der Waals surface area contributed by atoms with Crippen LogP contribution in [0.2, 0.25) is 0 Å². The average Bonchev–Trinajstić information content (AvgIpc) is 3.23. The standard InChI is InChI=1S/C23H24N2O5S/c1-11-15(20(23(29)30-3)25-19(11)17(12(2)27)22(25)28)9-24-16-6-4-5-13-7-8-14(10-26)21(31-24)18(13)16/h4-8,11-12,17,19,26-27H,9-10H2,1-3H3.